The van der Waals surface area contributed by atoms with E-state index in [-0.39, 0.29) is 17.3 Å². The maximum absolute atomic E-state index is 12.5. The van der Waals surface area contributed by atoms with Crippen LogP contribution in [-0.4, -0.2) is 29.9 Å². The van der Waals surface area contributed by atoms with Gasteiger partial charge in [-0.2, -0.15) is 0 Å². The monoisotopic (exact) mass is 295 g/mol. The summed E-state index contributed by atoms with van der Waals surface area (Å²) in [6.45, 7) is 0.501. The number of carbonyl (C=O) groups excluding carboxylic acids is 1. The molecule has 112 valence electrons. The van der Waals surface area contributed by atoms with E-state index in [4.69, 9.17) is 4.74 Å². The summed E-state index contributed by atoms with van der Waals surface area (Å²) >= 11 is 0. The Bertz CT molecular complexity index is 748. The van der Waals surface area contributed by atoms with Crippen molar-refractivity contribution in [3.05, 3.63) is 64.9 Å². The molecular formula is C18H17NO3. The topological polar surface area (TPSA) is 49.8 Å². The molecular weight excluding hydrogens is 278 g/mol. The Hall–Kier alpha value is -2.59. The Morgan fingerprint density at radius 1 is 1.14 bits per heavy atom. The number of aromatic hydroxyl groups is 1. The predicted octanol–water partition coefficient (Wildman–Crippen LogP) is 3.07. The number of hydrogen-bond donors (Lipinski definition) is 1. The number of phenolic OH excluding ortho intramolecular Hbond substituents is 1. The third-order valence-electron chi connectivity index (χ3n) is 3.49. The summed E-state index contributed by atoms with van der Waals surface area (Å²) in [6.07, 6.45) is 1.72. The molecule has 0 atom stereocenters. The maximum atomic E-state index is 12.5. The van der Waals surface area contributed by atoms with Crippen molar-refractivity contribution in [1.29, 1.82) is 0 Å². The van der Waals surface area contributed by atoms with E-state index in [1.54, 1.807) is 18.2 Å². The largest absolute Gasteiger partial charge is 0.507 e. The minimum Gasteiger partial charge on any atom is -0.507 e. The molecule has 0 saturated heterocycles. The molecule has 4 nitrogen and oxygen atoms in total. The van der Waals surface area contributed by atoms with Gasteiger partial charge in [0.2, 0.25) is 5.78 Å². The van der Waals surface area contributed by atoms with Crippen LogP contribution in [0.1, 0.15) is 21.5 Å². The molecule has 0 spiro atoms. The van der Waals surface area contributed by atoms with E-state index in [1.807, 2.05) is 49.3 Å². The first-order chi connectivity index (χ1) is 10.6. The van der Waals surface area contributed by atoms with E-state index >= 15 is 0 Å². The zero-order chi connectivity index (χ0) is 15.7. The summed E-state index contributed by atoms with van der Waals surface area (Å²) in [5.41, 5.74) is 2.03. The number of ether oxygens (including phenoxy) is 1. The molecule has 0 aliphatic carbocycles. The van der Waals surface area contributed by atoms with Crippen molar-refractivity contribution in [2.24, 2.45) is 0 Å². The summed E-state index contributed by atoms with van der Waals surface area (Å²) < 4.78 is 5.76. The van der Waals surface area contributed by atoms with E-state index < -0.39 is 0 Å². The number of benzene rings is 2. The lowest BCUT2D eigenvalue weighted by molar-refractivity contribution is 0.101. The van der Waals surface area contributed by atoms with Gasteiger partial charge < -0.3 is 14.7 Å². The molecule has 1 aliphatic rings. The Morgan fingerprint density at radius 3 is 2.55 bits per heavy atom. The third-order valence-corrected chi connectivity index (χ3v) is 3.49. The third kappa shape index (κ3) is 2.61. The normalized spacial score (nSPS) is 15.2. The van der Waals surface area contributed by atoms with Gasteiger partial charge in [-0.15, -0.1) is 0 Å². The second-order valence-electron chi connectivity index (χ2n) is 5.53. The molecule has 4 heteroatoms. The minimum absolute atomic E-state index is 0.140. The van der Waals surface area contributed by atoms with Crippen LogP contribution in [0.3, 0.4) is 0 Å². The summed E-state index contributed by atoms with van der Waals surface area (Å²) in [5.74, 6) is 0.729. The highest BCUT2D eigenvalue weighted by atomic mass is 16.5. The standard InChI is InChI=1S/C18H17NO3/c1-19(2)11-14-15(20)9-8-13-17(21)16(22-18(13)14)10-12-6-4-3-5-7-12/h3-10,20H,11H2,1-2H3. The van der Waals surface area contributed by atoms with E-state index in [2.05, 4.69) is 0 Å². The highest BCUT2D eigenvalue weighted by Gasteiger charge is 2.31. The lowest BCUT2D eigenvalue weighted by atomic mass is 10.0. The quantitative estimate of drug-likeness (QED) is 0.884. The summed E-state index contributed by atoms with van der Waals surface area (Å²) in [7, 11) is 3.80. The number of fused-ring (bicyclic) bond motifs is 1. The van der Waals surface area contributed by atoms with Gasteiger partial charge in [0, 0.05) is 6.54 Å². The van der Waals surface area contributed by atoms with Gasteiger partial charge in [-0.3, -0.25) is 4.79 Å². The molecule has 0 unspecified atom stereocenters. The minimum atomic E-state index is -0.154. The molecule has 0 fully saturated rings. The van der Waals surface area contributed by atoms with Gasteiger partial charge in [-0.05, 0) is 37.9 Å². The first kappa shape index (κ1) is 14.4. The first-order valence-corrected chi connectivity index (χ1v) is 7.05. The predicted molar refractivity (Wildman–Crippen MR) is 84.9 cm³/mol. The molecule has 2 aromatic carbocycles. The van der Waals surface area contributed by atoms with Gasteiger partial charge in [0.05, 0.1) is 11.1 Å². The van der Waals surface area contributed by atoms with Crippen molar-refractivity contribution in [3.8, 4) is 11.5 Å². The number of Topliss-reactive ketones (excluding diaryl/α,β-unsaturated/α-hetero) is 1. The van der Waals surface area contributed by atoms with Crippen LogP contribution in [-0.2, 0) is 6.54 Å². The lowest BCUT2D eigenvalue weighted by Gasteiger charge is -2.13. The smallest absolute Gasteiger partial charge is 0.231 e. The van der Waals surface area contributed by atoms with Crippen LogP contribution in [0.2, 0.25) is 0 Å². The van der Waals surface area contributed by atoms with Gasteiger partial charge in [0.25, 0.3) is 0 Å². The Kier molecular flexibility index (Phi) is 3.69. The molecule has 0 amide bonds. The van der Waals surface area contributed by atoms with Gasteiger partial charge in [0.1, 0.15) is 11.5 Å². The fraction of sp³-hybridized carbons (Fsp3) is 0.167. The van der Waals surface area contributed by atoms with Crippen molar-refractivity contribution < 1.29 is 14.6 Å². The SMILES string of the molecule is CN(C)Cc1c(O)ccc2c1OC(=Cc1ccccc1)C2=O. The molecule has 0 radical (unpaired) electrons. The van der Waals surface area contributed by atoms with Gasteiger partial charge >= 0.3 is 0 Å². The van der Waals surface area contributed by atoms with E-state index in [0.717, 1.165) is 5.56 Å². The Balaban J connectivity index is 2.02. The molecule has 0 saturated carbocycles. The lowest BCUT2D eigenvalue weighted by Crippen LogP contribution is -2.11. The van der Waals surface area contributed by atoms with Crippen molar-refractivity contribution >= 4 is 11.9 Å². The van der Waals surface area contributed by atoms with Gasteiger partial charge in [-0.25, -0.2) is 0 Å². The van der Waals surface area contributed by atoms with Crippen molar-refractivity contribution in [2.45, 2.75) is 6.54 Å². The second-order valence-corrected chi connectivity index (χ2v) is 5.53. The number of nitrogens with zero attached hydrogens (tertiary/aromatic N) is 1. The fourth-order valence-corrected chi connectivity index (χ4v) is 2.47. The van der Waals surface area contributed by atoms with Crippen LogP contribution >= 0.6 is 0 Å². The number of rotatable bonds is 3. The van der Waals surface area contributed by atoms with Crippen LogP contribution in [0.25, 0.3) is 6.08 Å². The summed E-state index contributed by atoms with van der Waals surface area (Å²) in [5, 5.41) is 10.0. The number of ketones is 1. The number of carbonyl (C=O) groups is 1. The van der Waals surface area contributed by atoms with Crippen LogP contribution in [0.15, 0.2) is 48.2 Å². The van der Waals surface area contributed by atoms with Crippen LogP contribution < -0.4 is 4.74 Å². The Labute approximate surface area is 129 Å². The van der Waals surface area contributed by atoms with E-state index in [9.17, 15) is 9.90 Å². The number of phenols is 1. The zero-order valence-corrected chi connectivity index (χ0v) is 12.5. The zero-order valence-electron chi connectivity index (χ0n) is 12.5. The average Bonchev–Trinajstić information content (AvgIpc) is 2.80. The van der Waals surface area contributed by atoms with E-state index in [0.29, 0.717) is 23.4 Å². The van der Waals surface area contributed by atoms with Crippen molar-refractivity contribution in [1.82, 2.24) is 4.90 Å². The number of allylic oxidation sites excluding steroid dienone is 1. The Morgan fingerprint density at radius 2 is 1.86 bits per heavy atom. The number of hydrogen-bond acceptors (Lipinski definition) is 4. The fourth-order valence-electron chi connectivity index (χ4n) is 2.47. The molecule has 0 aromatic heterocycles. The average molecular weight is 295 g/mol. The van der Waals surface area contributed by atoms with Gasteiger partial charge in [0.15, 0.2) is 5.76 Å². The van der Waals surface area contributed by atoms with Crippen LogP contribution in [0, 0.1) is 0 Å². The highest BCUT2D eigenvalue weighted by molar-refractivity contribution is 6.14. The second kappa shape index (κ2) is 5.66. The molecule has 1 heterocycles. The van der Waals surface area contributed by atoms with Crippen molar-refractivity contribution in [3.63, 3.8) is 0 Å². The van der Waals surface area contributed by atoms with Crippen LogP contribution in [0.5, 0.6) is 11.5 Å². The molecule has 1 N–H and O–H groups in total. The first-order valence-electron chi connectivity index (χ1n) is 7.05. The highest BCUT2D eigenvalue weighted by Crippen LogP contribution is 2.39. The molecule has 22 heavy (non-hydrogen) atoms. The molecule has 3 rings (SSSR count). The summed E-state index contributed by atoms with van der Waals surface area (Å²) in [6, 6.07) is 12.7. The summed E-state index contributed by atoms with van der Waals surface area (Å²) in [4.78, 5) is 14.4. The molecule has 1 aliphatic heterocycles. The maximum Gasteiger partial charge on any atom is 0.231 e. The van der Waals surface area contributed by atoms with Crippen molar-refractivity contribution in [2.75, 3.05) is 14.1 Å². The molecule has 2 aromatic rings. The molecule has 0 bridgehead atoms. The van der Waals surface area contributed by atoms with E-state index in [1.165, 1.54) is 0 Å². The van der Waals surface area contributed by atoms with Gasteiger partial charge in [-0.1, -0.05) is 30.3 Å². The van der Waals surface area contributed by atoms with Crippen LogP contribution in [0.4, 0.5) is 0 Å².